The molecule has 0 aromatic heterocycles. The fraction of sp³-hybridized carbons (Fsp3) is 0.478. The molecule has 1 spiro atoms. The zero-order valence-electron chi connectivity index (χ0n) is 31.9. The van der Waals surface area contributed by atoms with Gasteiger partial charge in [0.15, 0.2) is 11.5 Å². The quantitative estimate of drug-likeness (QED) is 0.195. The van der Waals surface area contributed by atoms with Crippen molar-refractivity contribution in [1.82, 2.24) is 5.32 Å². The Labute approximate surface area is 328 Å². The van der Waals surface area contributed by atoms with Gasteiger partial charge >= 0.3 is 0 Å². The number of nitrogens with zero attached hydrogens (tertiary/aromatic N) is 1. The zero-order valence-corrected chi connectivity index (χ0v) is 31.9. The van der Waals surface area contributed by atoms with E-state index >= 15 is 0 Å². The molecule has 10 nitrogen and oxygen atoms in total. The van der Waals surface area contributed by atoms with E-state index < -0.39 is 35.9 Å². The Bertz CT molecular complexity index is 2180. The Morgan fingerprint density at radius 3 is 2.79 bits per heavy atom. The smallest absolute Gasteiger partial charge is 0.252 e. The third-order valence-electron chi connectivity index (χ3n) is 13.2. The maximum atomic E-state index is 13.1. The molecule has 56 heavy (non-hydrogen) atoms. The maximum absolute atomic E-state index is 13.1. The first-order valence-electron chi connectivity index (χ1n) is 20.4. The van der Waals surface area contributed by atoms with Gasteiger partial charge in [0, 0.05) is 43.5 Å². The second-order valence-corrected chi connectivity index (χ2v) is 16.8. The lowest BCUT2D eigenvalue weighted by Gasteiger charge is -2.36. The van der Waals surface area contributed by atoms with Crippen molar-refractivity contribution >= 4 is 12.0 Å². The van der Waals surface area contributed by atoms with Gasteiger partial charge in [-0.3, -0.25) is 20.0 Å². The van der Waals surface area contributed by atoms with Gasteiger partial charge in [-0.2, -0.15) is 0 Å². The van der Waals surface area contributed by atoms with E-state index in [-0.39, 0.29) is 36.6 Å². The number of carbonyl (C=O) groups is 1. The van der Waals surface area contributed by atoms with Gasteiger partial charge in [0.2, 0.25) is 0 Å². The molecule has 2 aromatic carbocycles. The van der Waals surface area contributed by atoms with Crippen LogP contribution in [-0.4, -0.2) is 58.8 Å². The number of carbonyl (C=O) groups excluding carboxylic acids is 1. The molecule has 7 aliphatic rings. The number of aliphatic imine (C=N–C) groups is 1. The van der Waals surface area contributed by atoms with Crippen LogP contribution in [0.1, 0.15) is 92.0 Å². The number of aliphatic hydroxyl groups excluding tert-OH is 3. The Balaban J connectivity index is 1.05. The molecule has 5 aliphatic heterocycles. The number of quaternary nitrogens is 1. The number of hydrogen-bond acceptors (Lipinski definition) is 9. The van der Waals surface area contributed by atoms with E-state index in [9.17, 15) is 20.1 Å². The number of ketones is 1. The predicted octanol–water partition coefficient (Wildman–Crippen LogP) is 3.26. The highest BCUT2D eigenvalue weighted by atomic mass is 16.5. The summed E-state index contributed by atoms with van der Waals surface area (Å²) < 4.78 is 13.3. The molecule has 5 heterocycles. The fourth-order valence-electron chi connectivity index (χ4n) is 10.0. The van der Waals surface area contributed by atoms with Crippen LogP contribution in [0.3, 0.4) is 0 Å². The molecule has 2 aliphatic carbocycles. The first kappa shape index (κ1) is 37.1. The van der Waals surface area contributed by atoms with Crippen LogP contribution >= 0.6 is 0 Å². The van der Waals surface area contributed by atoms with Gasteiger partial charge in [0.05, 0.1) is 23.8 Å². The van der Waals surface area contributed by atoms with Gasteiger partial charge < -0.3 is 30.5 Å². The van der Waals surface area contributed by atoms with Crippen molar-refractivity contribution in [3.8, 4) is 35.4 Å². The highest BCUT2D eigenvalue weighted by Crippen LogP contribution is 2.47. The predicted molar refractivity (Wildman–Crippen MR) is 211 cm³/mol. The molecule has 9 unspecified atom stereocenters. The van der Waals surface area contributed by atoms with Crippen LogP contribution in [-0.2, 0) is 24.1 Å². The number of nitrogens with one attached hydrogen (secondary N) is 2. The van der Waals surface area contributed by atoms with Gasteiger partial charge in [0.25, 0.3) is 6.23 Å². The van der Waals surface area contributed by atoms with Gasteiger partial charge in [-0.05, 0) is 83.5 Å². The monoisotopic (exact) mass is 755 g/mol. The largest absolute Gasteiger partial charge is 0.437 e. The normalized spacial score (nSPS) is 31.1. The van der Waals surface area contributed by atoms with E-state index in [1.54, 1.807) is 0 Å². The summed E-state index contributed by atoms with van der Waals surface area (Å²) in [5, 5.41) is 36.6. The summed E-state index contributed by atoms with van der Waals surface area (Å²) in [5.74, 6) is 10.8. The summed E-state index contributed by atoms with van der Waals surface area (Å²) in [6, 6.07) is 9.74. The summed E-state index contributed by atoms with van der Waals surface area (Å²) >= 11 is 0. The van der Waals surface area contributed by atoms with E-state index in [4.69, 9.17) is 20.2 Å². The Hall–Kier alpha value is -4.52. The maximum Gasteiger partial charge on any atom is 0.252 e. The first-order chi connectivity index (χ1) is 27.2. The molecule has 2 aromatic rings. The lowest BCUT2D eigenvalue weighted by Crippen LogP contribution is -3.12. The van der Waals surface area contributed by atoms with Crippen molar-refractivity contribution in [1.29, 1.82) is 0 Å². The lowest BCUT2D eigenvalue weighted by atomic mass is 9.73. The third-order valence-corrected chi connectivity index (χ3v) is 13.2. The van der Waals surface area contributed by atoms with Crippen LogP contribution in [0.25, 0.3) is 0 Å². The van der Waals surface area contributed by atoms with Crippen LogP contribution in [0.15, 0.2) is 70.5 Å². The molecule has 0 amide bonds. The molecule has 2 bridgehead atoms. The lowest BCUT2D eigenvalue weighted by molar-refractivity contribution is -0.891. The van der Waals surface area contributed by atoms with E-state index in [2.05, 4.69) is 35.4 Å². The molecular weight excluding hydrogens is 705 g/mol. The minimum Gasteiger partial charge on any atom is -0.437 e. The second kappa shape index (κ2) is 15.1. The number of rotatable bonds is 6. The fourth-order valence-corrected chi connectivity index (χ4v) is 10.0. The van der Waals surface area contributed by atoms with Crippen LogP contribution in [0.2, 0.25) is 0 Å². The van der Waals surface area contributed by atoms with Crippen molar-refractivity contribution < 1.29 is 34.5 Å². The molecule has 10 heteroatoms. The van der Waals surface area contributed by atoms with Crippen LogP contribution in [0.4, 0.5) is 0 Å². The Morgan fingerprint density at radius 2 is 1.95 bits per heavy atom. The topological polar surface area (TPSA) is 151 Å². The minimum absolute atomic E-state index is 0.0120. The highest BCUT2D eigenvalue weighted by Gasteiger charge is 2.51. The van der Waals surface area contributed by atoms with Gasteiger partial charge in [-0.25, -0.2) is 0 Å². The van der Waals surface area contributed by atoms with Crippen molar-refractivity contribution in [3.63, 3.8) is 0 Å². The summed E-state index contributed by atoms with van der Waals surface area (Å²) in [4.78, 5) is 19.1. The van der Waals surface area contributed by atoms with Crippen molar-refractivity contribution in [2.75, 3.05) is 13.1 Å². The second-order valence-electron chi connectivity index (χ2n) is 16.8. The molecule has 0 radical (unpaired) electrons. The highest BCUT2D eigenvalue weighted by molar-refractivity contribution is 5.87. The number of fused-ring (bicyclic) bond motifs is 8. The molecule has 1 fully saturated rings. The number of hydrogen-bond donors (Lipinski definition) is 6. The first-order valence-corrected chi connectivity index (χ1v) is 20.4. The summed E-state index contributed by atoms with van der Waals surface area (Å²) in [6.07, 6.45) is 14.1. The van der Waals surface area contributed by atoms with Gasteiger partial charge in [0.1, 0.15) is 42.4 Å². The Morgan fingerprint density at radius 1 is 1.11 bits per heavy atom. The number of Topliss-reactive ketones (excluding diaryl/α,β-unsaturated/α-hetero) is 1. The average molecular weight is 756 g/mol. The molecule has 1 saturated carbocycles. The van der Waals surface area contributed by atoms with Crippen LogP contribution < -0.4 is 25.4 Å². The molecule has 7 N–H and O–H groups in total. The summed E-state index contributed by atoms with van der Waals surface area (Å²) in [7, 11) is 0. The zero-order chi connectivity index (χ0) is 38.6. The van der Waals surface area contributed by atoms with Crippen molar-refractivity contribution in [2.45, 2.75) is 102 Å². The van der Waals surface area contributed by atoms with E-state index in [0.29, 0.717) is 37.3 Å². The number of allylic oxidation sites excluding steroid dienone is 2. The summed E-state index contributed by atoms with van der Waals surface area (Å²) in [5.41, 5.74) is 14.3. The van der Waals surface area contributed by atoms with E-state index in [0.717, 1.165) is 77.1 Å². The molecule has 9 rings (SSSR count). The Kier molecular flexibility index (Phi) is 10.00. The van der Waals surface area contributed by atoms with E-state index in [1.807, 2.05) is 55.6 Å². The number of nitrogens with two attached hydrogens (primary N) is 1. The summed E-state index contributed by atoms with van der Waals surface area (Å²) in [6.45, 7) is 3.47. The van der Waals surface area contributed by atoms with Gasteiger partial charge in [-0.15, -0.1) is 0 Å². The van der Waals surface area contributed by atoms with Crippen LogP contribution in [0.5, 0.6) is 11.5 Å². The average Bonchev–Trinajstić information content (AvgIpc) is 3.92. The van der Waals surface area contributed by atoms with Crippen LogP contribution in [0, 0.1) is 47.0 Å². The number of aryl methyl sites for hydroxylation is 1. The molecule has 0 saturated heterocycles. The van der Waals surface area contributed by atoms with Crippen molar-refractivity contribution in [3.05, 3.63) is 93.3 Å². The number of aliphatic hydroxyl groups is 3. The molecule has 290 valence electrons. The van der Waals surface area contributed by atoms with E-state index in [1.165, 1.54) is 11.1 Å². The third kappa shape index (κ3) is 6.94. The number of ether oxygens (including phenoxy) is 2. The molecular formula is C46H51N4O6+. The molecule has 9 atom stereocenters. The minimum atomic E-state index is -1.02. The number of benzene rings is 2. The van der Waals surface area contributed by atoms with Gasteiger partial charge in [-0.1, -0.05) is 67.9 Å². The standard InChI is InChI=1S/C46H50N4O6/c1-27-4-8-34(40(53)20-27)41(54)23-30(51)7-5-28-6-13-42-43(21-28)56-45-37(46(17-19-55-42)15-2-3-16-46)11-12-39(52)32-9-10-33-31(14-18-48-44(33)47)35(32)22-29-24-49-38-26-50(45)25-36(29)38/h4,6,8-10,13,21,24,26-27,34,37,39-41,44-45,48,52-54H,2-3,5,7,14-16,18,20,22-23,25,47H2,1H3/p+1. The van der Waals surface area contributed by atoms with Crippen molar-refractivity contribution in [2.24, 2.45) is 33.9 Å². The SMILES string of the molecule is CC1C=CC(C(O)CC(=O)CCc2ccc3c(c2)OC2C(C#CC(O)c4ccc5c(c4CC4=C6C[NH+]2C=C6N=C4)CCNC5N)C2(C#CO3)CCCC2)C(O)C1.